The summed E-state index contributed by atoms with van der Waals surface area (Å²) in [5.74, 6) is 0.525. The topological polar surface area (TPSA) is 81.8 Å². The summed E-state index contributed by atoms with van der Waals surface area (Å²) in [6.45, 7) is 9.51. The molecule has 8 heteroatoms. The first-order chi connectivity index (χ1) is 10.5. The molecule has 0 radical (unpaired) electrons. The van der Waals surface area contributed by atoms with E-state index >= 15 is 0 Å². The summed E-state index contributed by atoms with van der Waals surface area (Å²) in [4.78, 5) is 16.5. The van der Waals surface area contributed by atoms with Crippen LogP contribution in [-0.4, -0.2) is 88.1 Å². The van der Waals surface area contributed by atoms with Gasteiger partial charge < -0.3 is 15.5 Å². The van der Waals surface area contributed by atoms with Crippen molar-refractivity contribution in [3.63, 3.8) is 0 Å². The van der Waals surface area contributed by atoms with Crippen LogP contribution in [0.4, 0.5) is 4.79 Å². The van der Waals surface area contributed by atoms with E-state index in [-0.39, 0.29) is 23.5 Å². The molecular weight excluding hydrogens is 304 g/mol. The van der Waals surface area contributed by atoms with Gasteiger partial charge >= 0.3 is 6.03 Å². The monoisotopic (exact) mass is 332 g/mol. The predicted octanol–water partition coefficient (Wildman–Crippen LogP) is -0.642. The molecule has 2 aliphatic rings. The molecule has 2 rings (SSSR count). The molecule has 2 amide bonds. The zero-order chi connectivity index (χ0) is 16.0. The number of sulfone groups is 1. The van der Waals surface area contributed by atoms with Crippen molar-refractivity contribution in [1.29, 1.82) is 0 Å². The second-order valence-corrected chi connectivity index (χ2v) is 8.41. The van der Waals surface area contributed by atoms with E-state index in [1.807, 2.05) is 0 Å². The van der Waals surface area contributed by atoms with Crippen molar-refractivity contribution in [2.75, 3.05) is 63.9 Å². The summed E-state index contributed by atoms with van der Waals surface area (Å²) in [6.07, 6.45) is 0.657. The van der Waals surface area contributed by atoms with Gasteiger partial charge in [-0.15, -0.1) is 0 Å². The van der Waals surface area contributed by atoms with Gasteiger partial charge in [-0.1, -0.05) is 6.92 Å². The number of piperazine rings is 1. The maximum atomic E-state index is 11.7. The van der Waals surface area contributed by atoms with Crippen molar-refractivity contribution < 1.29 is 13.2 Å². The highest BCUT2D eigenvalue weighted by molar-refractivity contribution is 7.91. The summed E-state index contributed by atoms with van der Waals surface area (Å²) in [7, 11) is -2.86. The van der Waals surface area contributed by atoms with Crippen molar-refractivity contribution in [2.24, 2.45) is 5.92 Å². The Kier molecular flexibility index (Phi) is 6.46. The molecule has 0 aliphatic carbocycles. The largest absolute Gasteiger partial charge is 0.338 e. The molecule has 7 nitrogen and oxygen atoms in total. The number of urea groups is 1. The average molecular weight is 332 g/mol. The van der Waals surface area contributed by atoms with E-state index in [9.17, 15) is 13.2 Å². The van der Waals surface area contributed by atoms with Crippen LogP contribution in [0.3, 0.4) is 0 Å². The van der Waals surface area contributed by atoms with Gasteiger partial charge in [0.15, 0.2) is 9.84 Å². The van der Waals surface area contributed by atoms with Crippen molar-refractivity contribution in [2.45, 2.75) is 13.3 Å². The van der Waals surface area contributed by atoms with E-state index in [2.05, 4.69) is 27.4 Å². The van der Waals surface area contributed by atoms with E-state index in [1.54, 1.807) is 0 Å². The van der Waals surface area contributed by atoms with Gasteiger partial charge in [-0.3, -0.25) is 4.90 Å². The third-order valence-electron chi connectivity index (χ3n) is 4.50. The lowest BCUT2D eigenvalue weighted by molar-refractivity contribution is 0.138. The Morgan fingerprint density at radius 2 is 1.82 bits per heavy atom. The minimum Gasteiger partial charge on any atom is -0.338 e. The predicted molar refractivity (Wildman–Crippen MR) is 86.7 cm³/mol. The number of hydrogen-bond donors (Lipinski definition) is 2. The minimum atomic E-state index is -2.86. The van der Waals surface area contributed by atoms with Crippen LogP contribution < -0.4 is 10.6 Å². The summed E-state index contributed by atoms with van der Waals surface area (Å²) in [5, 5.41) is 5.62. The molecule has 2 fully saturated rings. The average Bonchev–Trinajstić information content (AvgIpc) is 2.85. The zero-order valence-electron chi connectivity index (χ0n) is 13.4. The zero-order valence-corrected chi connectivity index (χ0v) is 14.2. The maximum absolute atomic E-state index is 11.7. The fourth-order valence-corrected chi connectivity index (χ4v) is 4.85. The van der Waals surface area contributed by atoms with Gasteiger partial charge in [0, 0.05) is 45.8 Å². The lowest BCUT2D eigenvalue weighted by atomic mass is 10.1. The number of amides is 2. The molecular formula is C14H28N4O3S. The highest BCUT2D eigenvalue weighted by Gasteiger charge is 2.27. The second kappa shape index (κ2) is 8.12. The SMILES string of the molecule is CCN1CCN(CCNC(=O)NC[C@@H]2CCS(=O)(=O)C2)CC1. The summed E-state index contributed by atoms with van der Waals surface area (Å²) < 4.78 is 22.7. The smallest absolute Gasteiger partial charge is 0.314 e. The van der Waals surface area contributed by atoms with Gasteiger partial charge in [-0.05, 0) is 18.9 Å². The summed E-state index contributed by atoms with van der Waals surface area (Å²) >= 11 is 0. The molecule has 2 N–H and O–H groups in total. The molecule has 2 heterocycles. The van der Waals surface area contributed by atoms with Crippen LogP contribution in [0.25, 0.3) is 0 Å². The molecule has 0 spiro atoms. The Labute approximate surface area is 133 Å². The highest BCUT2D eigenvalue weighted by Crippen LogP contribution is 2.17. The molecule has 1 atom stereocenters. The summed E-state index contributed by atoms with van der Waals surface area (Å²) in [6, 6.07) is -0.198. The molecule has 128 valence electrons. The van der Waals surface area contributed by atoms with Crippen LogP contribution >= 0.6 is 0 Å². The van der Waals surface area contributed by atoms with Crippen LogP contribution in [0.15, 0.2) is 0 Å². The van der Waals surface area contributed by atoms with Crippen LogP contribution in [0.5, 0.6) is 0 Å². The van der Waals surface area contributed by atoms with Crippen LogP contribution in [0.2, 0.25) is 0 Å². The Hall–Kier alpha value is -0.860. The van der Waals surface area contributed by atoms with Gasteiger partial charge in [-0.25, -0.2) is 13.2 Å². The lowest BCUT2D eigenvalue weighted by Crippen LogP contribution is -2.49. The molecule has 0 unspecified atom stereocenters. The van der Waals surface area contributed by atoms with Crippen LogP contribution in [0.1, 0.15) is 13.3 Å². The quantitative estimate of drug-likeness (QED) is 0.676. The molecule has 0 bridgehead atoms. The Bertz CT molecular complexity index is 461. The molecule has 0 aromatic heterocycles. The van der Waals surface area contributed by atoms with Crippen molar-refractivity contribution in [3.05, 3.63) is 0 Å². The van der Waals surface area contributed by atoms with Gasteiger partial charge in [0.25, 0.3) is 0 Å². The summed E-state index contributed by atoms with van der Waals surface area (Å²) in [5.41, 5.74) is 0. The van der Waals surface area contributed by atoms with Crippen molar-refractivity contribution in [1.82, 2.24) is 20.4 Å². The van der Waals surface area contributed by atoms with E-state index in [0.29, 0.717) is 19.5 Å². The lowest BCUT2D eigenvalue weighted by Gasteiger charge is -2.33. The molecule has 22 heavy (non-hydrogen) atoms. The maximum Gasteiger partial charge on any atom is 0.314 e. The number of carbonyl (C=O) groups is 1. The first kappa shape index (κ1) is 17.5. The fraction of sp³-hybridized carbons (Fsp3) is 0.929. The molecule has 0 aromatic carbocycles. The molecule has 0 saturated carbocycles. The van der Waals surface area contributed by atoms with Crippen molar-refractivity contribution >= 4 is 15.9 Å². The van der Waals surface area contributed by atoms with Gasteiger partial charge in [0.05, 0.1) is 11.5 Å². The molecule has 2 aliphatic heterocycles. The minimum absolute atomic E-state index is 0.0675. The number of likely N-dealkylation sites (N-methyl/N-ethyl adjacent to an activating group) is 1. The van der Waals surface area contributed by atoms with Crippen molar-refractivity contribution in [3.8, 4) is 0 Å². The van der Waals surface area contributed by atoms with E-state index in [0.717, 1.165) is 39.3 Å². The fourth-order valence-electron chi connectivity index (χ4n) is 2.99. The van der Waals surface area contributed by atoms with Gasteiger partial charge in [-0.2, -0.15) is 0 Å². The number of nitrogens with one attached hydrogen (secondary N) is 2. The first-order valence-corrected chi connectivity index (χ1v) is 9.97. The Morgan fingerprint density at radius 3 is 2.41 bits per heavy atom. The van der Waals surface area contributed by atoms with Gasteiger partial charge in [0.1, 0.15) is 0 Å². The first-order valence-electron chi connectivity index (χ1n) is 8.15. The third-order valence-corrected chi connectivity index (χ3v) is 6.34. The van der Waals surface area contributed by atoms with E-state index in [1.165, 1.54) is 0 Å². The van der Waals surface area contributed by atoms with E-state index in [4.69, 9.17) is 0 Å². The number of carbonyl (C=O) groups excluding carboxylic acids is 1. The Morgan fingerprint density at radius 1 is 1.14 bits per heavy atom. The third kappa shape index (κ3) is 5.73. The highest BCUT2D eigenvalue weighted by atomic mass is 32.2. The van der Waals surface area contributed by atoms with Crippen LogP contribution in [0, 0.1) is 5.92 Å². The molecule has 0 aromatic rings. The van der Waals surface area contributed by atoms with E-state index < -0.39 is 9.84 Å². The molecule has 2 saturated heterocycles. The number of nitrogens with zero attached hydrogens (tertiary/aromatic N) is 2. The Balaban J connectivity index is 1.53. The normalized spacial score (nSPS) is 26.0. The second-order valence-electron chi connectivity index (χ2n) is 6.18. The number of hydrogen-bond acceptors (Lipinski definition) is 5. The standard InChI is InChI=1S/C14H28N4O3S/c1-2-17-6-8-18(9-7-17)5-4-15-14(19)16-11-13-3-10-22(20,21)12-13/h13H,2-12H2,1H3,(H2,15,16,19)/t13-/m0/s1. The van der Waals surface area contributed by atoms with Gasteiger partial charge in [0.2, 0.25) is 0 Å². The number of rotatable bonds is 6. The van der Waals surface area contributed by atoms with Crippen LogP contribution in [-0.2, 0) is 9.84 Å².